The Hall–Kier alpha value is -1.82. The number of amides is 2. The summed E-state index contributed by atoms with van der Waals surface area (Å²) in [6, 6.07) is -0.455. The predicted molar refractivity (Wildman–Crippen MR) is 94.7 cm³/mol. The quantitative estimate of drug-likeness (QED) is 0.770. The molecule has 0 bridgehead atoms. The number of hydrogen-bond acceptors (Lipinski definition) is 4. The van der Waals surface area contributed by atoms with E-state index in [9.17, 15) is 26.4 Å². The number of halogens is 3. The summed E-state index contributed by atoms with van der Waals surface area (Å²) in [6.07, 6.45) is 4.99. The van der Waals surface area contributed by atoms with Crippen LogP contribution >= 0.6 is 0 Å². The maximum absolute atomic E-state index is 12.6. The van der Waals surface area contributed by atoms with E-state index in [0.717, 1.165) is 30.5 Å². The van der Waals surface area contributed by atoms with E-state index >= 15 is 0 Å². The van der Waals surface area contributed by atoms with Gasteiger partial charge in [0.15, 0.2) is 0 Å². The van der Waals surface area contributed by atoms with Gasteiger partial charge < -0.3 is 10.6 Å². The van der Waals surface area contributed by atoms with Gasteiger partial charge in [0.05, 0.1) is 12.2 Å². The van der Waals surface area contributed by atoms with Crippen molar-refractivity contribution in [3.05, 3.63) is 17.5 Å². The summed E-state index contributed by atoms with van der Waals surface area (Å²) >= 11 is 0. The third-order valence-electron chi connectivity index (χ3n) is 5.44. The molecule has 0 radical (unpaired) electrons. The van der Waals surface area contributed by atoms with Crippen LogP contribution in [0.4, 0.5) is 18.0 Å². The minimum absolute atomic E-state index is 0.0641. The van der Waals surface area contributed by atoms with Crippen LogP contribution in [0.15, 0.2) is 6.20 Å². The largest absolute Gasteiger partial charge is 0.511 e. The Morgan fingerprint density at radius 2 is 1.96 bits per heavy atom. The molecule has 1 saturated heterocycles. The third kappa shape index (κ3) is 4.27. The van der Waals surface area contributed by atoms with Gasteiger partial charge in [-0.25, -0.2) is 13.2 Å². The smallest absolute Gasteiger partial charge is 0.338 e. The van der Waals surface area contributed by atoms with E-state index in [2.05, 4.69) is 15.7 Å². The van der Waals surface area contributed by atoms with Crippen molar-refractivity contribution in [1.82, 2.24) is 24.7 Å². The average molecular weight is 423 g/mol. The number of carbonyl (C=O) groups is 1. The summed E-state index contributed by atoms with van der Waals surface area (Å²) < 4.78 is 62.9. The first-order valence-electron chi connectivity index (χ1n) is 9.21. The van der Waals surface area contributed by atoms with E-state index in [4.69, 9.17) is 0 Å². The number of rotatable bonds is 4. The molecular formula is C16H24F3N5O3S. The molecule has 2 heterocycles. The van der Waals surface area contributed by atoms with Gasteiger partial charge in [-0.1, -0.05) is 0 Å². The molecule has 2 amide bonds. The average Bonchev–Trinajstić information content (AvgIpc) is 3.02. The summed E-state index contributed by atoms with van der Waals surface area (Å²) in [7, 11) is -3.41. The second-order valence-electron chi connectivity index (χ2n) is 7.26. The summed E-state index contributed by atoms with van der Waals surface area (Å²) in [4.78, 5) is 12.2. The zero-order valence-electron chi connectivity index (χ0n) is 15.5. The zero-order chi connectivity index (χ0) is 20.5. The molecule has 2 aliphatic rings. The minimum Gasteiger partial charge on any atom is -0.338 e. The van der Waals surface area contributed by atoms with Crippen LogP contribution in [0.25, 0.3) is 0 Å². The third-order valence-corrected chi connectivity index (χ3v) is 7.07. The zero-order valence-corrected chi connectivity index (χ0v) is 16.3. The molecule has 2 N–H and O–H groups in total. The Bertz CT molecular complexity index is 816. The Kier molecular flexibility index (Phi) is 5.89. The van der Waals surface area contributed by atoms with E-state index in [-0.39, 0.29) is 43.9 Å². The molecule has 12 heteroatoms. The highest BCUT2D eigenvalue weighted by molar-refractivity contribution is 7.90. The van der Waals surface area contributed by atoms with Crippen LogP contribution in [0.5, 0.6) is 0 Å². The van der Waals surface area contributed by atoms with Crippen molar-refractivity contribution in [2.75, 3.05) is 19.6 Å². The van der Waals surface area contributed by atoms with E-state index in [1.54, 1.807) is 6.20 Å². The van der Waals surface area contributed by atoms with E-state index in [0.29, 0.717) is 10.8 Å². The second-order valence-corrected chi connectivity index (χ2v) is 9.19. The second kappa shape index (κ2) is 7.90. The van der Waals surface area contributed by atoms with Crippen LogP contribution in [0.3, 0.4) is 0 Å². The molecule has 28 heavy (non-hydrogen) atoms. The van der Waals surface area contributed by atoms with Crippen molar-refractivity contribution in [3.63, 3.8) is 0 Å². The van der Waals surface area contributed by atoms with Gasteiger partial charge >= 0.3 is 21.6 Å². The van der Waals surface area contributed by atoms with Gasteiger partial charge in [0.2, 0.25) is 0 Å². The molecule has 158 valence electrons. The number of nitrogens with zero attached hydrogens (tertiary/aromatic N) is 3. The van der Waals surface area contributed by atoms with E-state index in [1.807, 2.05) is 11.7 Å². The molecule has 1 unspecified atom stereocenters. The Morgan fingerprint density at radius 3 is 2.61 bits per heavy atom. The lowest BCUT2D eigenvalue weighted by molar-refractivity contribution is -0.0496. The van der Waals surface area contributed by atoms with E-state index in [1.165, 1.54) is 0 Å². The number of hydrogen-bond donors (Lipinski definition) is 2. The number of aromatic nitrogens is 2. The van der Waals surface area contributed by atoms with Crippen molar-refractivity contribution in [1.29, 1.82) is 0 Å². The summed E-state index contributed by atoms with van der Waals surface area (Å²) in [5.41, 5.74) is -3.16. The van der Waals surface area contributed by atoms with Crippen molar-refractivity contribution in [2.24, 2.45) is 13.0 Å². The summed E-state index contributed by atoms with van der Waals surface area (Å²) in [5.74, 6) is -0.0641. The molecule has 1 aliphatic carbocycles. The van der Waals surface area contributed by atoms with Gasteiger partial charge in [0, 0.05) is 37.9 Å². The minimum atomic E-state index is -5.27. The molecule has 0 aromatic carbocycles. The van der Waals surface area contributed by atoms with Crippen LogP contribution in [-0.4, -0.2) is 53.7 Å². The number of sulfonamides is 1. The van der Waals surface area contributed by atoms with Gasteiger partial charge in [-0.15, -0.1) is 0 Å². The highest BCUT2D eigenvalue weighted by Crippen LogP contribution is 2.31. The maximum Gasteiger partial charge on any atom is 0.511 e. The van der Waals surface area contributed by atoms with Gasteiger partial charge in [-0.05, 0) is 38.0 Å². The molecule has 1 aliphatic heterocycles. The monoisotopic (exact) mass is 423 g/mol. The van der Waals surface area contributed by atoms with Crippen molar-refractivity contribution in [2.45, 2.75) is 43.7 Å². The van der Waals surface area contributed by atoms with Gasteiger partial charge in [-0.2, -0.15) is 22.6 Å². The molecule has 3 rings (SSSR count). The van der Waals surface area contributed by atoms with Crippen molar-refractivity contribution < 1.29 is 26.4 Å². The number of nitrogens with one attached hydrogen (secondary N) is 2. The number of piperidine rings is 1. The lowest BCUT2D eigenvalue weighted by Crippen LogP contribution is -2.47. The Balaban J connectivity index is 1.46. The fourth-order valence-electron chi connectivity index (χ4n) is 3.80. The predicted octanol–water partition coefficient (Wildman–Crippen LogP) is 1.66. The highest BCUT2D eigenvalue weighted by Gasteiger charge is 2.50. The fraction of sp³-hybridized carbons (Fsp3) is 0.750. The first-order chi connectivity index (χ1) is 13.1. The van der Waals surface area contributed by atoms with Gasteiger partial charge in [0.1, 0.15) is 0 Å². The molecule has 8 nitrogen and oxygen atoms in total. The van der Waals surface area contributed by atoms with Crippen LogP contribution in [0, 0.1) is 5.92 Å². The van der Waals surface area contributed by atoms with Crippen LogP contribution < -0.4 is 10.6 Å². The summed E-state index contributed by atoms with van der Waals surface area (Å²) in [5, 5.41) is 9.91. The topological polar surface area (TPSA) is 96.3 Å². The first kappa shape index (κ1) is 20.9. The Morgan fingerprint density at radius 1 is 1.29 bits per heavy atom. The van der Waals surface area contributed by atoms with Gasteiger partial charge in [-0.3, -0.25) is 4.68 Å². The van der Waals surface area contributed by atoms with Crippen LogP contribution in [0.2, 0.25) is 0 Å². The number of aryl methyl sites for hydroxylation is 1. The van der Waals surface area contributed by atoms with E-state index < -0.39 is 15.5 Å². The first-order valence-corrected chi connectivity index (χ1v) is 10.6. The molecule has 1 aromatic heterocycles. The van der Waals surface area contributed by atoms with Crippen molar-refractivity contribution in [3.8, 4) is 0 Å². The molecule has 1 atom stereocenters. The normalized spacial score (nSPS) is 21.9. The van der Waals surface area contributed by atoms with Gasteiger partial charge in [0.25, 0.3) is 0 Å². The SMILES string of the molecule is Cn1ncc2c1CCCC2NC(=O)NCC1CCN(S(=O)(=O)C(F)(F)F)CC1. The molecule has 0 saturated carbocycles. The number of carbonyl (C=O) groups excluding carboxylic acids is 1. The van der Waals surface area contributed by atoms with Crippen LogP contribution in [-0.2, 0) is 23.5 Å². The molecule has 1 fully saturated rings. The van der Waals surface area contributed by atoms with Crippen molar-refractivity contribution >= 4 is 16.1 Å². The highest BCUT2D eigenvalue weighted by atomic mass is 32.2. The standard InChI is InChI=1S/C16H24F3N5O3S/c1-23-14-4-2-3-13(12(14)10-21-23)22-15(25)20-9-11-5-7-24(8-6-11)28(26,27)16(17,18)19/h10-11,13H,2-9H2,1H3,(H2,20,22,25). The number of urea groups is 1. The summed E-state index contributed by atoms with van der Waals surface area (Å²) in [6.45, 7) is -0.104. The lowest BCUT2D eigenvalue weighted by Gasteiger charge is -2.31. The number of alkyl halides is 3. The molecule has 0 spiro atoms. The molecular weight excluding hydrogens is 399 g/mol. The fourth-order valence-corrected chi connectivity index (χ4v) is 4.79. The van der Waals surface area contributed by atoms with Crippen LogP contribution in [0.1, 0.15) is 43.0 Å². The maximum atomic E-state index is 12.6. The lowest BCUT2D eigenvalue weighted by atomic mass is 9.93. The number of fused-ring (bicyclic) bond motifs is 1. The Labute approximate surface area is 161 Å². The molecule has 1 aromatic rings.